The Morgan fingerprint density at radius 3 is 2.31 bits per heavy atom. The average molecular weight is 511 g/mol. The van der Waals surface area contributed by atoms with E-state index in [0.29, 0.717) is 12.5 Å². The third-order valence-corrected chi connectivity index (χ3v) is 6.60. The van der Waals surface area contributed by atoms with E-state index < -0.39 is 10.1 Å². The quantitative estimate of drug-likeness (QED) is 0.392. The highest BCUT2D eigenvalue weighted by molar-refractivity contribution is 7.85. The summed E-state index contributed by atoms with van der Waals surface area (Å²) in [6.07, 6.45) is 4.29. The molecule has 3 aromatic carbocycles. The number of benzene rings is 3. The molecule has 3 aromatic rings. The van der Waals surface area contributed by atoms with Crippen molar-refractivity contribution in [1.29, 1.82) is 0 Å². The minimum atomic E-state index is -4.02. The van der Waals surface area contributed by atoms with E-state index in [-0.39, 0.29) is 16.6 Å². The number of fused-ring (bicyclic) bond motifs is 1. The van der Waals surface area contributed by atoms with Gasteiger partial charge in [0.1, 0.15) is 5.82 Å². The number of halogens is 1. The minimum absolute atomic E-state index is 0.0415. The highest BCUT2D eigenvalue weighted by Gasteiger charge is 2.27. The van der Waals surface area contributed by atoms with Crippen molar-refractivity contribution in [1.82, 2.24) is 4.90 Å². The lowest BCUT2D eigenvalue weighted by Gasteiger charge is -2.35. The van der Waals surface area contributed by atoms with Crippen molar-refractivity contribution in [3.05, 3.63) is 101 Å². The Morgan fingerprint density at radius 2 is 1.69 bits per heavy atom. The fourth-order valence-corrected chi connectivity index (χ4v) is 4.55. The molecule has 4 rings (SSSR count). The summed E-state index contributed by atoms with van der Waals surface area (Å²) in [6.45, 7) is 3.50. The van der Waals surface area contributed by atoms with Crippen molar-refractivity contribution < 1.29 is 22.2 Å². The number of carbonyl (C=O) groups is 1. The van der Waals surface area contributed by atoms with Gasteiger partial charge in [-0.05, 0) is 80.9 Å². The SMILES string of the molecule is CN(C)CC1Cc2ccccc2N(C(=O)C=Cc2ccc(F)cc2)C1.Cc1ccc(S(=O)(=O)O)cc1. The van der Waals surface area contributed by atoms with Crippen LogP contribution < -0.4 is 4.90 Å². The van der Waals surface area contributed by atoms with Crippen LogP contribution >= 0.6 is 0 Å². The molecule has 0 aromatic heterocycles. The van der Waals surface area contributed by atoms with Gasteiger partial charge in [-0.25, -0.2) is 4.39 Å². The van der Waals surface area contributed by atoms with Crippen LogP contribution in [0.4, 0.5) is 10.1 Å². The Hall–Kier alpha value is -3.33. The molecule has 6 nitrogen and oxygen atoms in total. The molecule has 8 heteroatoms. The van der Waals surface area contributed by atoms with Crippen LogP contribution in [0.25, 0.3) is 6.08 Å². The fraction of sp³-hybridized carbons (Fsp3) is 0.250. The van der Waals surface area contributed by atoms with Crippen molar-refractivity contribution in [3.63, 3.8) is 0 Å². The summed E-state index contributed by atoms with van der Waals surface area (Å²) in [5.74, 6) is 0.0910. The maximum absolute atomic E-state index is 13.0. The van der Waals surface area contributed by atoms with Crippen LogP contribution in [0, 0.1) is 18.7 Å². The van der Waals surface area contributed by atoms with Gasteiger partial charge in [-0.1, -0.05) is 48.0 Å². The van der Waals surface area contributed by atoms with Crippen LogP contribution in [0.1, 0.15) is 16.7 Å². The van der Waals surface area contributed by atoms with E-state index in [1.807, 2.05) is 30.0 Å². The lowest BCUT2D eigenvalue weighted by Crippen LogP contribution is -2.42. The summed E-state index contributed by atoms with van der Waals surface area (Å²) in [7, 11) is 0.0937. The maximum atomic E-state index is 13.0. The highest BCUT2D eigenvalue weighted by Crippen LogP contribution is 2.30. The molecule has 1 amide bonds. The summed E-state index contributed by atoms with van der Waals surface area (Å²) in [5, 5.41) is 0. The first-order chi connectivity index (χ1) is 17.0. The van der Waals surface area contributed by atoms with Gasteiger partial charge in [0.05, 0.1) is 4.90 Å². The first-order valence-electron chi connectivity index (χ1n) is 11.5. The molecule has 1 aliphatic rings. The van der Waals surface area contributed by atoms with Crippen LogP contribution in [-0.2, 0) is 21.3 Å². The normalized spacial score (nSPS) is 15.4. The molecule has 1 N–H and O–H groups in total. The standard InChI is InChI=1S/C21H23FN2O.C7H8O3S/c1-23(2)14-17-13-18-5-3-4-6-20(18)24(15-17)21(25)12-9-16-7-10-19(22)11-8-16;1-6-2-4-7(5-3-6)11(8,9)10/h3-12,17H,13-15H2,1-2H3;2-5H,1H3,(H,8,9,10). The minimum Gasteiger partial charge on any atom is -0.309 e. The number of rotatable bonds is 5. The average Bonchev–Trinajstić information content (AvgIpc) is 2.83. The molecule has 0 saturated heterocycles. The Labute approximate surface area is 212 Å². The van der Waals surface area contributed by atoms with Gasteiger partial charge >= 0.3 is 0 Å². The zero-order valence-corrected chi connectivity index (χ0v) is 21.5. The number of aryl methyl sites for hydroxylation is 1. The molecular formula is C28H31FN2O4S. The third kappa shape index (κ3) is 7.84. The van der Waals surface area contributed by atoms with E-state index in [1.165, 1.54) is 29.8 Å². The van der Waals surface area contributed by atoms with E-state index in [4.69, 9.17) is 4.55 Å². The van der Waals surface area contributed by atoms with E-state index in [1.54, 1.807) is 36.4 Å². The Bertz CT molecular complexity index is 1300. The third-order valence-electron chi connectivity index (χ3n) is 5.73. The largest absolute Gasteiger partial charge is 0.309 e. The topological polar surface area (TPSA) is 77.9 Å². The molecule has 1 aliphatic heterocycles. The van der Waals surface area contributed by atoms with Crippen LogP contribution in [-0.4, -0.2) is 51.0 Å². The number of hydrogen-bond donors (Lipinski definition) is 1. The number of anilines is 1. The summed E-state index contributed by atoms with van der Waals surface area (Å²) in [4.78, 5) is 16.7. The highest BCUT2D eigenvalue weighted by atomic mass is 32.2. The van der Waals surface area contributed by atoms with E-state index in [0.717, 1.165) is 29.8 Å². The van der Waals surface area contributed by atoms with Gasteiger partial charge in [0, 0.05) is 24.9 Å². The second-order valence-corrected chi connectivity index (χ2v) is 10.5. The van der Waals surface area contributed by atoms with Crippen molar-refractivity contribution >= 4 is 27.8 Å². The zero-order valence-electron chi connectivity index (χ0n) is 20.6. The molecular weight excluding hydrogens is 479 g/mol. The molecule has 1 heterocycles. The molecule has 0 aliphatic carbocycles. The number of nitrogens with zero attached hydrogens (tertiary/aromatic N) is 2. The summed E-state index contributed by atoms with van der Waals surface area (Å²) in [5.41, 5.74) is 3.97. The van der Waals surface area contributed by atoms with Gasteiger partial charge in [-0.3, -0.25) is 9.35 Å². The Kier molecular flexibility index (Phi) is 9.14. The predicted octanol–water partition coefficient (Wildman–Crippen LogP) is 4.85. The zero-order chi connectivity index (χ0) is 26.3. The smallest absolute Gasteiger partial charge is 0.294 e. The van der Waals surface area contributed by atoms with Crippen LogP contribution in [0.3, 0.4) is 0 Å². The monoisotopic (exact) mass is 510 g/mol. The van der Waals surface area contributed by atoms with Crippen LogP contribution in [0.5, 0.6) is 0 Å². The first kappa shape index (κ1) is 27.3. The van der Waals surface area contributed by atoms with Crippen molar-refractivity contribution in [2.75, 3.05) is 32.1 Å². The second-order valence-electron chi connectivity index (χ2n) is 9.08. The molecule has 190 valence electrons. The maximum Gasteiger partial charge on any atom is 0.294 e. The number of hydrogen-bond acceptors (Lipinski definition) is 4. The van der Waals surface area contributed by atoms with E-state index >= 15 is 0 Å². The Morgan fingerprint density at radius 1 is 1.06 bits per heavy atom. The molecule has 0 bridgehead atoms. The van der Waals surface area contributed by atoms with Gasteiger partial charge in [0.2, 0.25) is 0 Å². The molecule has 0 radical (unpaired) electrons. The van der Waals surface area contributed by atoms with Crippen molar-refractivity contribution in [2.45, 2.75) is 18.2 Å². The fourth-order valence-electron chi connectivity index (χ4n) is 4.07. The molecule has 1 atom stereocenters. The van der Waals surface area contributed by atoms with Gasteiger partial charge < -0.3 is 9.80 Å². The lowest BCUT2D eigenvalue weighted by atomic mass is 9.92. The van der Waals surface area contributed by atoms with Gasteiger partial charge in [-0.15, -0.1) is 0 Å². The van der Waals surface area contributed by atoms with Crippen molar-refractivity contribution in [2.24, 2.45) is 5.92 Å². The lowest BCUT2D eigenvalue weighted by molar-refractivity contribution is -0.114. The molecule has 0 spiro atoms. The van der Waals surface area contributed by atoms with Crippen molar-refractivity contribution in [3.8, 4) is 0 Å². The Balaban J connectivity index is 0.000000275. The van der Waals surface area contributed by atoms with Gasteiger partial charge in [-0.2, -0.15) is 8.42 Å². The molecule has 1 unspecified atom stereocenters. The van der Waals surface area contributed by atoms with Gasteiger partial charge in [0.15, 0.2) is 0 Å². The summed E-state index contributed by atoms with van der Waals surface area (Å²) < 4.78 is 42.5. The first-order valence-corrected chi connectivity index (χ1v) is 13.0. The van der Waals surface area contributed by atoms with Crippen LogP contribution in [0.2, 0.25) is 0 Å². The summed E-state index contributed by atoms with van der Waals surface area (Å²) in [6, 6.07) is 20.2. The van der Waals surface area contributed by atoms with Crippen LogP contribution in [0.15, 0.2) is 83.8 Å². The van der Waals surface area contributed by atoms with Gasteiger partial charge in [0.25, 0.3) is 16.0 Å². The van der Waals surface area contributed by atoms with E-state index in [2.05, 4.69) is 25.1 Å². The summed E-state index contributed by atoms with van der Waals surface area (Å²) >= 11 is 0. The van der Waals surface area contributed by atoms with E-state index in [9.17, 15) is 17.6 Å². The predicted molar refractivity (Wildman–Crippen MR) is 141 cm³/mol. The molecule has 0 fully saturated rings. The molecule has 36 heavy (non-hydrogen) atoms. The number of carbonyl (C=O) groups excluding carboxylic acids is 1. The molecule has 0 saturated carbocycles. The number of amides is 1. The second kappa shape index (κ2) is 12.1. The number of para-hydroxylation sites is 1.